The van der Waals surface area contributed by atoms with Crippen molar-refractivity contribution in [2.75, 3.05) is 24.6 Å². The van der Waals surface area contributed by atoms with Crippen LogP contribution in [0.3, 0.4) is 0 Å². The Labute approximate surface area is 125 Å². The normalized spacial score (nSPS) is 31.9. The highest BCUT2D eigenvalue weighted by atomic mass is 32.2. The summed E-state index contributed by atoms with van der Waals surface area (Å²) in [6.07, 6.45) is 4.96. The molecule has 3 aliphatic rings. The molecule has 0 aromatic rings. The number of piperazine rings is 1. The second-order valence-electron chi connectivity index (χ2n) is 6.16. The van der Waals surface area contributed by atoms with Gasteiger partial charge in [-0.25, -0.2) is 0 Å². The Morgan fingerprint density at radius 2 is 1.90 bits per heavy atom. The summed E-state index contributed by atoms with van der Waals surface area (Å²) in [5.41, 5.74) is 0. The Hall–Kier alpha value is -0.710. The summed E-state index contributed by atoms with van der Waals surface area (Å²) in [5.74, 6) is 3.40. The first-order valence-electron chi connectivity index (χ1n) is 7.91. The summed E-state index contributed by atoms with van der Waals surface area (Å²) < 4.78 is 0. The monoisotopic (exact) mass is 296 g/mol. The van der Waals surface area contributed by atoms with E-state index in [0.717, 1.165) is 32.4 Å². The number of carbonyl (C=O) groups excluding carboxylic acids is 2. The van der Waals surface area contributed by atoms with Gasteiger partial charge < -0.3 is 9.80 Å². The molecular weight excluding hydrogens is 272 g/mol. The van der Waals surface area contributed by atoms with Gasteiger partial charge in [0.2, 0.25) is 11.8 Å². The van der Waals surface area contributed by atoms with Gasteiger partial charge in [0, 0.05) is 13.1 Å². The van der Waals surface area contributed by atoms with Crippen LogP contribution in [0.15, 0.2) is 0 Å². The van der Waals surface area contributed by atoms with Gasteiger partial charge in [-0.2, -0.15) is 11.8 Å². The fourth-order valence-corrected chi connectivity index (χ4v) is 4.98. The highest BCUT2D eigenvalue weighted by molar-refractivity contribution is 7.99. The first-order chi connectivity index (χ1) is 9.72. The number of carbonyl (C=O) groups is 2. The third-order valence-electron chi connectivity index (χ3n) is 4.95. The molecule has 0 bridgehead atoms. The van der Waals surface area contributed by atoms with E-state index < -0.39 is 0 Å². The molecule has 0 radical (unpaired) electrons. The maximum atomic E-state index is 12.7. The second kappa shape index (κ2) is 5.96. The molecule has 2 unspecified atom stereocenters. The Morgan fingerprint density at radius 1 is 1.15 bits per heavy atom. The van der Waals surface area contributed by atoms with E-state index in [1.807, 2.05) is 28.5 Å². The standard InChI is InChI=1S/C15H24N2O2S/c1-2-12-14(18)16-7-3-4-13(16)15(19)17(12)10-11-5-8-20-9-6-11/h11-13H,2-10H2,1H3. The van der Waals surface area contributed by atoms with Crippen molar-refractivity contribution in [3.8, 4) is 0 Å². The van der Waals surface area contributed by atoms with E-state index in [0.29, 0.717) is 5.92 Å². The van der Waals surface area contributed by atoms with Crippen LogP contribution in [0.2, 0.25) is 0 Å². The molecule has 0 aromatic heterocycles. The van der Waals surface area contributed by atoms with Crippen LogP contribution in [0.1, 0.15) is 39.0 Å². The van der Waals surface area contributed by atoms with Crippen molar-refractivity contribution in [3.05, 3.63) is 0 Å². The van der Waals surface area contributed by atoms with Crippen molar-refractivity contribution in [3.63, 3.8) is 0 Å². The average molecular weight is 296 g/mol. The highest BCUT2D eigenvalue weighted by Crippen LogP contribution is 2.31. The van der Waals surface area contributed by atoms with Crippen LogP contribution in [0.5, 0.6) is 0 Å². The van der Waals surface area contributed by atoms with Crippen molar-refractivity contribution < 1.29 is 9.59 Å². The zero-order valence-electron chi connectivity index (χ0n) is 12.2. The molecule has 4 nitrogen and oxygen atoms in total. The molecule has 5 heteroatoms. The molecule has 0 spiro atoms. The lowest BCUT2D eigenvalue weighted by molar-refractivity contribution is -0.160. The van der Waals surface area contributed by atoms with Gasteiger partial charge in [-0.1, -0.05) is 6.92 Å². The van der Waals surface area contributed by atoms with Gasteiger partial charge in [-0.05, 0) is 49.5 Å². The van der Waals surface area contributed by atoms with Crippen LogP contribution in [-0.2, 0) is 9.59 Å². The van der Waals surface area contributed by atoms with Crippen LogP contribution in [0.25, 0.3) is 0 Å². The van der Waals surface area contributed by atoms with Crippen molar-refractivity contribution in [1.82, 2.24) is 9.80 Å². The summed E-state index contributed by atoms with van der Waals surface area (Å²) >= 11 is 2.01. The Balaban J connectivity index is 1.75. The molecule has 0 N–H and O–H groups in total. The van der Waals surface area contributed by atoms with Gasteiger partial charge in [0.15, 0.2) is 0 Å². The number of thioether (sulfide) groups is 1. The van der Waals surface area contributed by atoms with Crippen molar-refractivity contribution in [1.29, 1.82) is 0 Å². The molecule has 0 aliphatic carbocycles. The summed E-state index contributed by atoms with van der Waals surface area (Å²) in [7, 11) is 0. The minimum Gasteiger partial charge on any atom is -0.329 e. The van der Waals surface area contributed by atoms with E-state index >= 15 is 0 Å². The third kappa shape index (κ3) is 2.45. The number of fused-ring (bicyclic) bond motifs is 1. The maximum Gasteiger partial charge on any atom is 0.246 e. The van der Waals surface area contributed by atoms with Crippen LogP contribution < -0.4 is 0 Å². The lowest BCUT2D eigenvalue weighted by atomic mass is 9.97. The van der Waals surface area contributed by atoms with E-state index in [4.69, 9.17) is 0 Å². The first-order valence-corrected chi connectivity index (χ1v) is 9.06. The van der Waals surface area contributed by atoms with Crippen LogP contribution in [-0.4, -0.2) is 58.3 Å². The molecule has 0 saturated carbocycles. The van der Waals surface area contributed by atoms with Crippen molar-refractivity contribution in [2.24, 2.45) is 5.92 Å². The molecule has 2 amide bonds. The Bertz CT molecular complexity index is 395. The van der Waals surface area contributed by atoms with E-state index in [1.54, 1.807) is 0 Å². The summed E-state index contributed by atoms with van der Waals surface area (Å²) in [5, 5.41) is 0. The van der Waals surface area contributed by atoms with Crippen molar-refractivity contribution in [2.45, 2.75) is 51.1 Å². The largest absolute Gasteiger partial charge is 0.329 e. The molecular formula is C15H24N2O2S. The van der Waals surface area contributed by atoms with E-state index in [-0.39, 0.29) is 23.9 Å². The molecule has 3 saturated heterocycles. The maximum absolute atomic E-state index is 12.7. The predicted octanol–water partition coefficient (Wildman–Crippen LogP) is 1.74. The fourth-order valence-electron chi connectivity index (χ4n) is 3.78. The van der Waals surface area contributed by atoms with Gasteiger partial charge >= 0.3 is 0 Å². The minimum absolute atomic E-state index is 0.150. The molecule has 3 heterocycles. The average Bonchev–Trinajstić information content (AvgIpc) is 2.96. The van der Waals surface area contributed by atoms with Gasteiger partial charge in [-0.15, -0.1) is 0 Å². The molecule has 2 atom stereocenters. The number of nitrogens with zero attached hydrogens (tertiary/aromatic N) is 2. The molecule has 112 valence electrons. The van der Waals surface area contributed by atoms with Gasteiger partial charge in [-0.3, -0.25) is 9.59 Å². The molecule has 0 aromatic carbocycles. The molecule has 20 heavy (non-hydrogen) atoms. The Kier molecular flexibility index (Phi) is 4.24. The zero-order valence-corrected chi connectivity index (χ0v) is 13.0. The zero-order chi connectivity index (χ0) is 14.1. The predicted molar refractivity (Wildman–Crippen MR) is 80.6 cm³/mol. The SMILES string of the molecule is CCC1C(=O)N2CCCC2C(=O)N1CC1CCSCC1. The van der Waals surface area contributed by atoms with Crippen molar-refractivity contribution >= 4 is 23.6 Å². The number of hydrogen-bond donors (Lipinski definition) is 0. The van der Waals surface area contributed by atoms with Gasteiger partial charge in [0.1, 0.15) is 12.1 Å². The van der Waals surface area contributed by atoms with Crippen LogP contribution >= 0.6 is 11.8 Å². The van der Waals surface area contributed by atoms with Gasteiger partial charge in [0.25, 0.3) is 0 Å². The first kappa shape index (κ1) is 14.2. The lowest BCUT2D eigenvalue weighted by Gasteiger charge is -2.43. The summed E-state index contributed by atoms with van der Waals surface area (Å²) in [4.78, 5) is 29.0. The quantitative estimate of drug-likeness (QED) is 0.796. The van der Waals surface area contributed by atoms with E-state index in [1.165, 1.54) is 24.3 Å². The van der Waals surface area contributed by atoms with Crippen LogP contribution in [0.4, 0.5) is 0 Å². The van der Waals surface area contributed by atoms with Crippen LogP contribution in [0, 0.1) is 5.92 Å². The number of amides is 2. The summed E-state index contributed by atoms with van der Waals surface area (Å²) in [6.45, 7) is 3.60. The summed E-state index contributed by atoms with van der Waals surface area (Å²) in [6, 6.07) is -0.352. The fraction of sp³-hybridized carbons (Fsp3) is 0.867. The lowest BCUT2D eigenvalue weighted by Crippen LogP contribution is -2.63. The molecule has 3 fully saturated rings. The van der Waals surface area contributed by atoms with E-state index in [9.17, 15) is 9.59 Å². The highest BCUT2D eigenvalue weighted by Gasteiger charge is 2.47. The molecule has 3 rings (SSSR count). The Morgan fingerprint density at radius 3 is 2.60 bits per heavy atom. The number of hydrogen-bond acceptors (Lipinski definition) is 3. The number of rotatable bonds is 3. The minimum atomic E-state index is -0.202. The topological polar surface area (TPSA) is 40.6 Å². The van der Waals surface area contributed by atoms with Gasteiger partial charge in [0.05, 0.1) is 0 Å². The second-order valence-corrected chi connectivity index (χ2v) is 7.38. The van der Waals surface area contributed by atoms with E-state index in [2.05, 4.69) is 0 Å². The smallest absolute Gasteiger partial charge is 0.246 e. The third-order valence-corrected chi connectivity index (χ3v) is 6.00. The molecule has 3 aliphatic heterocycles.